The first kappa shape index (κ1) is 14.1. The van der Waals surface area contributed by atoms with E-state index in [9.17, 15) is 5.11 Å². The third-order valence-corrected chi connectivity index (χ3v) is 4.36. The molecule has 0 saturated carbocycles. The number of hydrogen-bond acceptors (Lipinski definition) is 3. The molecule has 0 aliphatic heterocycles. The molecule has 1 aromatic heterocycles. The number of aliphatic hydroxyl groups is 1. The Hall–Kier alpha value is -1.84. The number of pyridine rings is 1. The first-order chi connectivity index (χ1) is 10.3. The second-order valence-corrected chi connectivity index (χ2v) is 6.16. The van der Waals surface area contributed by atoms with Gasteiger partial charge >= 0.3 is 0 Å². The van der Waals surface area contributed by atoms with Crippen molar-refractivity contribution in [2.75, 3.05) is 5.75 Å². The van der Waals surface area contributed by atoms with E-state index in [1.54, 1.807) is 18.0 Å². The van der Waals surface area contributed by atoms with Crippen LogP contribution < -0.4 is 0 Å². The van der Waals surface area contributed by atoms with Gasteiger partial charge < -0.3 is 5.11 Å². The lowest BCUT2D eigenvalue weighted by Gasteiger charge is -2.14. The van der Waals surface area contributed by atoms with E-state index in [1.165, 1.54) is 4.90 Å². The smallest absolute Gasteiger partial charge is 0.106 e. The normalized spacial score (nSPS) is 12.5. The fraction of sp³-hybridized carbons (Fsp3) is 0.167. The lowest BCUT2D eigenvalue weighted by atomic mass is 9.99. The van der Waals surface area contributed by atoms with Crippen molar-refractivity contribution in [1.82, 2.24) is 4.98 Å². The largest absolute Gasteiger partial charge is 0.384 e. The maximum absolute atomic E-state index is 10.7. The van der Waals surface area contributed by atoms with Crippen molar-refractivity contribution < 1.29 is 5.11 Å². The van der Waals surface area contributed by atoms with Crippen molar-refractivity contribution in [3.8, 4) is 0 Å². The van der Waals surface area contributed by atoms with Crippen LogP contribution in [0.3, 0.4) is 0 Å². The minimum absolute atomic E-state index is 0.649. The summed E-state index contributed by atoms with van der Waals surface area (Å²) in [6.07, 6.45) is 1.11. The van der Waals surface area contributed by atoms with E-state index in [2.05, 4.69) is 24.0 Å². The first-order valence-electron chi connectivity index (χ1n) is 7.04. The van der Waals surface area contributed by atoms with Gasteiger partial charge in [-0.15, -0.1) is 11.8 Å². The molecule has 106 valence electrons. The molecular formula is C18H17NOS. The molecular weight excluding hydrogens is 278 g/mol. The number of hydrogen-bond donors (Lipinski definition) is 1. The summed E-state index contributed by atoms with van der Waals surface area (Å²) in [4.78, 5) is 5.64. The van der Waals surface area contributed by atoms with Crippen LogP contribution >= 0.6 is 11.8 Å². The predicted octanol–water partition coefficient (Wildman–Crippen LogP) is 4.43. The number of fused-ring (bicyclic) bond motifs is 1. The van der Waals surface area contributed by atoms with Gasteiger partial charge in [-0.25, -0.2) is 0 Å². The van der Waals surface area contributed by atoms with Crippen LogP contribution in [-0.2, 0) is 0 Å². The summed E-state index contributed by atoms with van der Waals surface area (Å²) in [5.74, 6) is 1.05. The third-order valence-electron chi connectivity index (χ3n) is 3.47. The van der Waals surface area contributed by atoms with Crippen molar-refractivity contribution in [1.29, 1.82) is 0 Å². The monoisotopic (exact) mass is 295 g/mol. The third kappa shape index (κ3) is 2.94. The molecule has 2 aromatic carbocycles. The molecule has 1 heterocycles. The molecule has 0 aliphatic carbocycles. The zero-order valence-electron chi connectivity index (χ0n) is 11.9. The summed E-state index contributed by atoms with van der Waals surface area (Å²) in [5, 5.41) is 11.7. The highest BCUT2D eigenvalue weighted by molar-refractivity contribution is 7.99. The summed E-state index contributed by atoms with van der Waals surface area (Å²) in [6.45, 7) is 2.13. The average molecular weight is 295 g/mol. The molecule has 1 N–H and O–H groups in total. The Morgan fingerprint density at radius 3 is 2.57 bits per heavy atom. The molecule has 0 amide bonds. The van der Waals surface area contributed by atoms with E-state index >= 15 is 0 Å². The van der Waals surface area contributed by atoms with Crippen LogP contribution in [0.1, 0.15) is 24.2 Å². The molecule has 3 rings (SSSR count). The van der Waals surface area contributed by atoms with E-state index in [0.29, 0.717) is 0 Å². The van der Waals surface area contributed by atoms with Gasteiger partial charge in [0.25, 0.3) is 0 Å². The number of nitrogens with zero attached hydrogens (tertiary/aromatic N) is 1. The minimum atomic E-state index is -0.649. The number of aliphatic hydroxyl groups excluding tert-OH is 1. The standard InChI is InChI=1S/C18H17NOS/c1-2-21-15-10-8-14(9-11-15)18(20)16-7-3-5-13-6-4-12-19-17(13)16/h3-12,18,20H,2H2,1H3. The summed E-state index contributed by atoms with van der Waals surface area (Å²) in [5.41, 5.74) is 2.61. The van der Waals surface area contributed by atoms with Gasteiger partial charge in [-0.2, -0.15) is 0 Å². The Kier molecular flexibility index (Phi) is 4.23. The van der Waals surface area contributed by atoms with E-state index in [4.69, 9.17) is 0 Å². The number of rotatable bonds is 4. The lowest BCUT2D eigenvalue weighted by molar-refractivity contribution is 0.221. The van der Waals surface area contributed by atoms with E-state index < -0.39 is 6.10 Å². The lowest BCUT2D eigenvalue weighted by Crippen LogP contribution is -2.01. The molecule has 0 bridgehead atoms. The fourth-order valence-corrected chi connectivity index (χ4v) is 3.10. The second kappa shape index (κ2) is 6.29. The Balaban J connectivity index is 1.98. The molecule has 0 spiro atoms. The van der Waals surface area contributed by atoms with Crippen molar-refractivity contribution in [2.45, 2.75) is 17.9 Å². The van der Waals surface area contributed by atoms with Gasteiger partial charge in [-0.3, -0.25) is 4.98 Å². The second-order valence-electron chi connectivity index (χ2n) is 4.83. The molecule has 1 atom stereocenters. The highest BCUT2D eigenvalue weighted by atomic mass is 32.2. The number of para-hydroxylation sites is 1. The van der Waals surface area contributed by atoms with Crippen molar-refractivity contribution >= 4 is 22.7 Å². The summed E-state index contributed by atoms with van der Waals surface area (Å²) < 4.78 is 0. The maximum Gasteiger partial charge on any atom is 0.106 e. The molecule has 0 saturated heterocycles. The van der Waals surface area contributed by atoms with Crippen molar-refractivity contribution in [3.63, 3.8) is 0 Å². The van der Waals surface area contributed by atoms with Crippen LogP contribution in [0.15, 0.2) is 65.7 Å². The summed E-state index contributed by atoms with van der Waals surface area (Å²) >= 11 is 1.80. The molecule has 21 heavy (non-hydrogen) atoms. The Morgan fingerprint density at radius 1 is 1.05 bits per heavy atom. The Labute approximate surface area is 128 Å². The van der Waals surface area contributed by atoms with Crippen LogP contribution in [-0.4, -0.2) is 15.8 Å². The van der Waals surface area contributed by atoms with Crippen LogP contribution in [0.4, 0.5) is 0 Å². The molecule has 1 unspecified atom stereocenters. The van der Waals surface area contributed by atoms with Gasteiger partial charge in [-0.1, -0.05) is 43.3 Å². The predicted molar refractivity (Wildman–Crippen MR) is 88.6 cm³/mol. The van der Waals surface area contributed by atoms with E-state index in [1.807, 2.05) is 42.5 Å². The van der Waals surface area contributed by atoms with Gasteiger partial charge in [0.05, 0.1) is 5.52 Å². The van der Waals surface area contributed by atoms with Crippen LogP contribution in [0.5, 0.6) is 0 Å². The van der Waals surface area contributed by atoms with E-state index in [-0.39, 0.29) is 0 Å². The molecule has 2 nitrogen and oxygen atoms in total. The van der Waals surface area contributed by atoms with Gasteiger partial charge in [0.1, 0.15) is 6.10 Å². The highest BCUT2D eigenvalue weighted by Gasteiger charge is 2.14. The van der Waals surface area contributed by atoms with E-state index in [0.717, 1.165) is 27.8 Å². The highest BCUT2D eigenvalue weighted by Crippen LogP contribution is 2.29. The summed E-state index contributed by atoms with van der Waals surface area (Å²) in [6, 6.07) is 17.9. The molecule has 0 radical (unpaired) electrons. The zero-order valence-corrected chi connectivity index (χ0v) is 12.7. The van der Waals surface area contributed by atoms with Crippen molar-refractivity contribution in [2.24, 2.45) is 0 Å². The molecule has 0 aliphatic rings. The number of aromatic nitrogens is 1. The summed E-state index contributed by atoms with van der Waals surface area (Å²) in [7, 11) is 0. The molecule has 0 fully saturated rings. The van der Waals surface area contributed by atoms with Gasteiger partial charge in [0.15, 0.2) is 0 Å². The van der Waals surface area contributed by atoms with Crippen LogP contribution in [0, 0.1) is 0 Å². The SMILES string of the molecule is CCSc1ccc(C(O)c2cccc3cccnc23)cc1. The van der Waals surface area contributed by atoms with Crippen molar-refractivity contribution in [3.05, 3.63) is 71.9 Å². The number of benzene rings is 2. The fourth-order valence-electron chi connectivity index (χ4n) is 2.44. The Bertz CT molecular complexity index is 734. The Morgan fingerprint density at radius 2 is 1.81 bits per heavy atom. The van der Waals surface area contributed by atoms with Crippen LogP contribution in [0.2, 0.25) is 0 Å². The first-order valence-corrected chi connectivity index (χ1v) is 8.02. The minimum Gasteiger partial charge on any atom is -0.384 e. The van der Waals surface area contributed by atoms with Crippen LogP contribution in [0.25, 0.3) is 10.9 Å². The van der Waals surface area contributed by atoms with Gasteiger partial charge in [0, 0.05) is 22.0 Å². The van der Waals surface area contributed by atoms with Gasteiger partial charge in [-0.05, 0) is 29.5 Å². The molecule has 3 heteroatoms. The topological polar surface area (TPSA) is 33.1 Å². The number of thioether (sulfide) groups is 1. The zero-order chi connectivity index (χ0) is 14.7. The average Bonchev–Trinajstić information content (AvgIpc) is 2.55. The molecule has 3 aromatic rings. The maximum atomic E-state index is 10.7. The quantitative estimate of drug-likeness (QED) is 0.723. The van der Waals surface area contributed by atoms with Gasteiger partial charge in [0.2, 0.25) is 0 Å².